The second-order valence-electron chi connectivity index (χ2n) is 5.11. The summed E-state index contributed by atoms with van der Waals surface area (Å²) in [6.07, 6.45) is 0. The van der Waals surface area contributed by atoms with E-state index >= 15 is 0 Å². The van der Waals surface area contributed by atoms with Gasteiger partial charge < -0.3 is 10.6 Å². The van der Waals surface area contributed by atoms with Gasteiger partial charge in [-0.05, 0) is 24.6 Å². The zero-order valence-corrected chi connectivity index (χ0v) is 13.4. The van der Waals surface area contributed by atoms with Crippen LogP contribution < -0.4 is 16.0 Å². The zero-order chi connectivity index (χ0) is 17.9. The molecular weight excluding hydrogens is 320 g/mol. The summed E-state index contributed by atoms with van der Waals surface area (Å²) in [5.41, 5.74) is 0.820. The first-order valence-electron chi connectivity index (χ1n) is 7.06. The Morgan fingerprint density at radius 3 is 2.46 bits per heavy atom. The summed E-state index contributed by atoms with van der Waals surface area (Å²) in [6.45, 7) is 1.76. The van der Waals surface area contributed by atoms with E-state index in [1.165, 1.54) is 17.8 Å². The molecule has 0 saturated carbocycles. The minimum Gasteiger partial charge on any atom is -0.357 e. The number of anilines is 1. The average molecular weight is 337 g/mol. The highest BCUT2D eigenvalue weighted by atomic mass is 19.2. The fraction of sp³-hybridized carbons (Fsp3) is 0.267. The number of urea groups is 1. The Kier molecular flexibility index (Phi) is 5.12. The average Bonchev–Trinajstić information content (AvgIpc) is 2.84. The Balaban J connectivity index is 2.19. The zero-order valence-electron chi connectivity index (χ0n) is 13.4. The van der Waals surface area contributed by atoms with Crippen molar-refractivity contribution in [2.24, 2.45) is 7.05 Å². The highest BCUT2D eigenvalue weighted by Crippen LogP contribution is 2.17. The van der Waals surface area contributed by atoms with Crippen molar-refractivity contribution in [3.8, 4) is 0 Å². The van der Waals surface area contributed by atoms with E-state index in [9.17, 15) is 18.4 Å². The second kappa shape index (κ2) is 7.07. The minimum atomic E-state index is -1.18. The number of halogens is 2. The quantitative estimate of drug-likeness (QED) is 0.792. The van der Waals surface area contributed by atoms with Crippen LogP contribution in [0.4, 0.5) is 19.4 Å². The fourth-order valence-corrected chi connectivity index (χ4v) is 2.15. The maximum atomic E-state index is 13.4. The van der Waals surface area contributed by atoms with Gasteiger partial charge in [-0.1, -0.05) is 6.07 Å². The standard InChI is InChI=1S/C15H17F2N5O2/c1-8-6-12(22(3)21-8)19-15(24)20-13(14(23)18-2)9-4-5-10(16)11(17)7-9/h4-7,13H,1-3H3,(H,18,23)(H2,19,20,24). The summed E-state index contributed by atoms with van der Waals surface area (Å²) in [5, 5.41) is 11.4. The van der Waals surface area contributed by atoms with Crippen LogP contribution in [-0.4, -0.2) is 28.8 Å². The van der Waals surface area contributed by atoms with Crippen LogP contribution in [0.15, 0.2) is 24.3 Å². The Morgan fingerprint density at radius 1 is 1.21 bits per heavy atom. The summed E-state index contributed by atoms with van der Waals surface area (Å²) >= 11 is 0. The number of hydrogen-bond acceptors (Lipinski definition) is 3. The molecule has 0 radical (unpaired) electrons. The molecule has 0 bridgehead atoms. The molecule has 1 atom stereocenters. The maximum absolute atomic E-state index is 13.4. The van der Waals surface area contributed by atoms with Crippen LogP contribution in [0.5, 0.6) is 0 Å². The highest BCUT2D eigenvalue weighted by molar-refractivity contribution is 5.93. The fourth-order valence-electron chi connectivity index (χ4n) is 2.15. The molecule has 0 aliphatic rings. The third-order valence-electron chi connectivity index (χ3n) is 3.30. The molecule has 1 aromatic heterocycles. The molecule has 0 aliphatic carbocycles. The number of likely N-dealkylation sites (N-methyl/N-ethyl adjacent to an activating group) is 1. The highest BCUT2D eigenvalue weighted by Gasteiger charge is 2.23. The molecule has 24 heavy (non-hydrogen) atoms. The molecule has 1 unspecified atom stereocenters. The van der Waals surface area contributed by atoms with Gasteiger partial charge in [0.1, 0.15) is 11.9 Å². The number of hydrogen-bond donors (Lipinski definition) is 3. The first kappa shape index (κ1) is 17.4. The van der Waals surface area contributed by atoms with E-state index in [1.807, 2.05) is 0 Å². The number of rotatable bonds is 4. The lowest BCUT2D eigenvalue weighted by atomic mass is 10.1. The van der Waals surface area contributed by atoms with E-state index in [-0.39, 0.29) is 5.56 Å². The van der Waals surface area contributed by atoms with Gasteiger partial charge in [0, 0.05) is 20.2 Å². The summed E-state index contributed by atoms with van der Waals surface area (Å²) < 4.78 is 27.9. The maximum Gasteiger partial charge on any atom is 0.321 e. The van der Waals surface area contributed by atoms with Crippen LogP contribution >= 0.6 is 0 Å². The Labute approximate surface area is 137 Å². The molecule has 2 rings (SSSR count). The molecule has 1 aromatic carbocycles. The van der Waals surface area contributed by atoms with Crippen molar-refractivity contribution in [2.75, 3.05) is 12.4 Å². The minimum absolute atomic E-state index is 0.115. The van der Waals surface area contributed by atoms with Crippen molar-refractivity contribution >= 4 is 17.8 Å². The van der Waals surface area contributed by atoms with E-state index in [4.69, 9.17) is 0 Å². The summed E-state index contributed by atoms with van der Waals surface area (Å²) in [5.74, 6) is -2.29. The number of nitrogens with zero attached hydrogens (tertiary/aromatic N) is 2. The lowest BCUT2D eigenvalue weighted by Gasteiger charge is -2.18. The predicted octanol–water partition coefficient (Wildman–Crippen LogP) is 1.62. The summed E-state index contributed by atoms with van der Waals surface area (Å²) in [7, 11) is 3.02. The Morgan fingerprint density at radius 2 is 1.92 bits per heavy atom. The van der Waals surface area contributed by atoms with Gasteiger partial charge in [0.2, 0.25) is 5.91 Å². The van der Waals surface area contributed by atoms with Gasteiger partial charge in [-0.2, -0.15) is 5.10 Å². The lowest BCUT2D eigenvalue weighted by Crippen LogP contribution is -2.41. The van der Waals surface area contributed by atoms with Crippen LogP contribution in [-0.2, 0) is 11.8 Å². The molecule has 0 spiro atoms. The van der Waals surface area contributed by atoms with Gasteiger partial charge in [-0.15, -0.1) is 0 Å². The molecule has 0 saturated heterocycles. The summed E-state index contributed by atoms with van der Waals surface area (Å²) in [6, 6.07) is 2.77. The number of carbonyl (C=O) groups excluding carboxylic acids is 2. The molecule has 9 heteroatoms. The molecule has 7 nitrogen and oxygen atoms in total. The number of aromatic nitrogens is 2. The monoisotopic (exact) mass is 337 g/mol. The van der Waals surface area contributed by atoms with Gasteiger partial charge in [-0.3, -0.25) is 14.8 Å². The predicted molar refractivity (Wildman–Crippen MR) is 83.3 cm³/mol. The Hall–Kier alpha value is -2.97. The third-order valence-corrected chi connectivity index (χ3v) is 3.30. The van der Waals surface area contributed by atoms with E-state index in [1.54, 1.807) is 20.0 Å². The van der Waals surface area contributed by atoms with Crippen molar-refractivity contribution in [1.82, 2.24) is 20.4 Å². The van der Waals surface area contributed by atoms with Gasteiger partial charge in [-0.25, -0.2) is 13.6 Å². The molecule has 0 aliphatic heterocycles. The number of aryl methyl sites for hydroxylation is 2. The third kappa shape index (κ3) is 3.86. The number of carbonyl (C=O) groups is 2. The number of amides is 3. The number of benzene rings is 1. The SMILES string of the molecule is CNC(=O)C(NC(=O)Nc1cc(C)nn1C)c1ccc(F)c(F)c1. The first-order chi connectivity index (χ1) is 11.3. The summed E-state index contributed by atoms with van der Waals surface area (Å²) in [4.78, 5) is 24.1. The first-order valence-corrected chi connectivity index (χ1v) is 7.06. The van der Waals surface area contributed by atoms with E-state index in [0.717, 1.165) is 12.1 Å². The molecule has 3 N–H and O–H groups in total. The topological polar surface area (TPSA) is 88.1 Å². The van der Waals surface area contributed by atoms with Crippen molar-refractivity contribution in [1.29, 1.82) is 0 Å². The van der Waals surface area contributed by atoms with Crippen molar-refractivity contribution in [3.63, 3.8) is 0 Å². The van der Waals surface area contributed by atoms with Crippen molar-refractivity contribution in [2.45, 2.75) is 13.0 Å². The van der Waals surface area contributed by atoms with Crippen LogP contribution in [0, 0.1) is 18.6 Å². The molecular formula is C15H17F2N5O2. The van der Waals surface area contributed by atoms with Crippen LogP contribution in [0.3, 0.4) is 0 Å². The van der Waals surface area contributed by atoms with Gasteiger partial charge >= 0.3 is 6.03 Å². The molecule has 0 fully saturated rings. The van der Waals surface area contributed by atoms with E-state index < -0.39 is 29.6 Å². The van der Waals surface area contributed by atoms with Gasteiger partial charge in [0.15, 0.2) is 11.6 Å². The number of nitrogens with one attached hydrogen (secondary N) is 3. The molecule has 1 heterocycles. The van der Waals surface area contributed by atoms with Gasteiger partial charge in [0.05, 0.1) is 5.69 Å². The van der Waals surface area contributed by atoms with Gasteiger partial charge in [0.25, 0.3) is 0 Å². The van der Waals surface area contributed by atoms with Crippen LogP contribution in [0.25, 0.3) is 0 Å². The molecule has 2 aromatic rings. The van der Waals surface area contributed by atoms with E-state index in [2.05, 4.69) is 21.0 Å². The van der Waals surface area contributed by atoms with E-state index in [0.29, 0.717) is 11.5 Å². The molecule has 3 amide bonds. The van der Waals surface area contributed by atoms with Crippen LogP contribution in [0.2, 0.25) is 0 Å². The molecule has 128 valence electrons. The Bertz CT molecular complexity index is 775. The smallest absolute Gasteiger partial charge is 0.321 e. The normalized spacial score (nSPS) is 11.7. The van der Waals surface area contributed by atoms with Crippen molar-refractivity contribution in [3.05, 3.63) is 47.2 Å². The van der Waals surface area contributed by atoms with Crippen molar-refractivity contribution < 1.29 is 18.4 Å². The lowest BCUT2D eigenvalue weighted by molar-refractivity contribution is -0.122. The van der Waals surface area contributed by atoms with Crippen LogP contribution in [0.1, 0.15) is 17.3 Å². The second-order valence-corrected chi connectivity index (χ2v) is 5.11. The largest absolute Gasteiger partial charge is 0.357 e.